The molecular weight excluding hydrogens is 562 g/mol. The van der Waals surface area contributed by atoms with Crippen LogP contribution in [0.25, 0.3) is 0 Å². The lowest BCUT2D eigenvalue weighted by molar-refractivity contribution is -0.0312. The summed E-state index contributed by atoms with van der Waals surface area (Å²) >= 11 is 0. The van der Waals surface area contributed by atoms with Gasteiger partial charge in [-0.3, -0.25) is 0 Å². The van der Waals surface area contributed by atoms with Crippen molar-refractivity contribution in [2.75, 3.05) is 0 Å². The molecule has 42 heavy (non-hydrogen) atoms. The Morgan fingerprint density at radius 3 is 0.762 bits per heavy atom. The highest BCUT2D eigenvalue weighted by molar-refractivity contribution is 7.16. The number of hydrogen-bond acceptors (Lipinski definition) is 3. The van der Waals surface area contributed by atoms with Gasteiger partial charge in [0.1, 0.15) is 5.60 Å². The number of hydrogen-bond donors (Lipinski definition) is 3. The molecule has 2 unspecified atom stereocenters. The molecule has 0 aliphatic carbocycles. The molecule has 0 heterocycles. The second-order valence-electron chi connectivity index (χ2n) is 16.6. The molecule has 0 amide bonds. The van der Waals surface area contributed by atoms with Crippen LogP contribution in [0.15, 0.2) is 24.3 Å². The van der Waals surface area contributed by atoms with Crippen molar-refractivity contribution in [3.8, 4) is 0 Å². The Balaban J connectivity index is 0.00000257. The van der Waals surface area contributed by atoms with Crippen molar-refractivity contribution < 1.29 is 24.0 Å². The predicted octanol–water partition coefficient (Wildman–Crippen LogP) is 9.61. The summed E-state index contributed by atoms with van der Waals surface area (Å²) in [6.07, 6.45) is 0. The van der Waals surface area contributed by atoms with Gasteiger partial charge in [-0.15, -0.1) is 0 Å². The maximum atomic E-state index is 13.6. The molecule has 0 spiro atoms. The monoisotopic (exact) mass is 622 g/mol. The molecule has 7 heteroatoms. The zero-order valence-corrected chi connectivity index (χ0v) is 31.5. The van der Waals surface area contributed by atoms with Crippen LogP contribution in [0.2, 0.25) is 0 Å². The smallest absolute Gasteiger partial charge is 0.380 e. The van der Waals surface area contributed by atoms with Crippen LogP contribution in [-0.4, -0.2) is 14.9 Å². The highest BCUT2D eigenvalue weighted by Gasteiger charge is 2.51. The summed E-state index contributed by atoms with van der Waals surface area (Å²) in [5, 5.41) is 13.6. The first-order chi connectivity index (χ1) is 18.6. The van der Waals surface area contributed by atoms with Crippen LogP contribution in [0.3, 0.4) is 0 Å². The summed E-state index contributed by atoms with van der Waals surface area (Å²) in [6, 6.07) is 9.29. The van der Waals surface area contributed by atoms with E-state index in [9.17, 15) is 5.11 Å². The standard InChI is InChI=1S/C35H56O.2HO2P/c1-22-18-24(30(3,4)5)28(25(19-22)31(6,7)8)35(36,34(15,16)17)29-26(32(9,10)11)20-23(2)21-27(29)33(12,13)14;2*1-3-2/h18-21,36H,1-17H3;2*3H/p+2. The molecule has 2 aromatic carbocycles. The average Bonchev–Trinajstić information content (AvgIpc) is 2.75. The fourth-order valence-corrected chi connectivity index (χ4v) is 5.59. The summed E-state index contributed by atoms with van der Waals surface area (Å²) in [4.78, 5) is 14.1. The second kappa shape index (κ2) is 14.1. The highest BCUT2D eigenvalue weighted by Crippen LogP contribution is 2.55. The van der Waals surface area contributed by atoms with Gasteiger partial charge in [-0.25, -0.2) is 0 Å². The van der Waals surface area contributed by atoms with Crippen molar-refractivity contribution in [3.05, 3.63) is 68.8 Å². The summed E-state index contributed by atoms with van der Waals surface area (Å²) in [6.45, 7) is 38.4. The topological polar surface area (TPSA) is 94.8 Å². The van der Waals surface area contributed by atoms with Crippen molar-refractivity contribution in [1.82, 2.24) is 0 Å². The normalized spacial score (nSPS) is 13.3. The molecular formula is C35H60O5P2+2. The van der Waals surface area contributed by atoms with E-state index < -0.39 is 28.4 Å². The van der Waals surface area contributed by atoms with Crippen LogP contribution >= 0.6 is 17.4 Å². The van der Waals surface area contributed by atoms with E-state index in [0.29, 0.717) is 0 Å². The highest BCUT2D eigenvalue weighted by atomic mass is 31.1. The Morgan fingerprint density at radius 1 is 0.476 bits per heavy atom. The zero-order chi connectivity index (χ0) is 33.9. The first-order valence-electron chi connectivity index (χ1n) is 14.6. The Morgan fingerprint density at radius 2 is 0.643 bits per heavy atom. The fourth-order valence-electron chi connectivity index (χ4n) is 5.59. The van der Waals surface area contributed by atoms with Gasteiger partial charge >= 0.3 is 17.4 Å². The van der Waals surface area contributed by atoms with Crippen LogP contribution in [0.5, 0.6) is 0 Å². The van der Waals surface area contributed by atoms with Crippen LogP contribution < -0.4 is 0 Å². The summed E-state index contributed by atoms with van der Waals surface area (Å²) in [7, 11) is -2.33. The minimum Gasteiger partial charge on any atom is -0.380 e. The van der Waals surface area contributed by atoms with Crippen LogP contribution in [-0.2, 0) is 36.4 Å². The molecule has 2 rings (SSSR count). The zero-order valence-electron chi connectivity index (χ0n) is 29.5. The van der Waals surface area contributed by atoms with E-state index in [0.717, 1.165) is 11.1 Å². The van der Waals surface area contributed by atoms with E-state index in [1.165, 1.54) is 33.4 Å². The second-order valence-corrected chi connectivity index (χ2v) is 17.0. The minimum atomic E-state index is -1.20. The van der Waals surface area contributed by atoms with Gasteiger partial charge in [-0.1, -0.05) is 139 Å². The molecule has 0 bridgehead atoms. The van der Waals surface area contributed by atoms with Gasteiger partial charge in [0.2, 0.25) is 0 Å². The molecule has 238 valence electrons. The number of rotatable bonds is 2. The lowest BCUT2D eigenvalue weighted by atomic mass is 9.57. The number of aryl methyl sites for hydroxylation is 2. The van der Waals surface area contributed by atoms with Gasteiger partial charge < -0.3 is 5.11 Å². The Hall–Kier alpha value is -1.48. The van der Waals surface area contributed by atoms with E-state index in [4.69, 9.17) is 18.9 Å². The van der Waals surface area contributed by atoms with Gasteiger partial charge in [-0.2, -0.15) is 9.79 Å². The Kier molecular flexibility index (Phi) is 13.6. The van der Waals surface area contributed by atoms with Gasteiger partial charge in [-0.05, 0) is 83.4 Å². The number of benzene rings is 2. The molecule has 0 fully saturated rings. The molecule has 0 radical (unpaired) electrons. The molecule has 5 nitrogen and oxygen atoms in total. The molecule has 0 aliphatic heterocycles. The van der Waals surface area contributed by atoms with E-state index in [2.05, 4.69) is 142 Å². The van der Waals surface area contributed by atoms with E-state index in [1.54, 1.807) is 0 Å². The molecule has 0 aromatic heterocycles. The molecule has 2 aromatic rings. The lowest BCUT2D eigenvalue weighted by Gasteiger charge is -2.50. The third kappa shape index (κ3) is 9.51. The average molecular weight is 623 g/mol. The number of aliphatic hydroxyl groups is 1. The van der Waals surface area contributed by atoms with Gasteiger partial charge in [0.15, 0.2) is 0 Å². The predicted molar refractivity (Wildman–Crippen MR) is 182 cm³/mol. The molecule has 0 saturated carbocycles. The Bertz CT molecular complexity index is 1070. The van der Waals surface area contributed by atoms with Crippen molar-refractivity contribution in [2.45, 2.75) is 145 Å². The first-order valence-corrected chi connectivity index (χ1v) is 16.3. The van der Waals surface area contributed by atoms with Gasteiger partial charge in [0, 0.05) is 0 Å². The fraction of sp³-hybridized carbons (Fsp3) is 0.657. The largest absolute Gasteiger partial charge is 0.491 e. The molecule has 0 aliphatic rings. The van der Waals surface area contributed by atoms with Crippen LogP contribution in [0, 0.1) is 19.3 Å². The maximum absolute atomic E-state index is 13.6. The van der Waals surface area contributed by atoms with Crippen molar-refractivity contribution in [3.63, 3.8) is 0 Å². The first kappa shape index (κ1) is 40.5. The third-order valence-electron chi connectivity index (χ3n) is 7.61. The lowest BCUT2D eigenvalue weighted by Crippen LogP contribution is -2.47. The van der Waals surface area contributed by atoms with Crippen LogP contribution in [0.1, 0.15) is 148 Å². The SMILES string of the molecule is Cc1cc(C(C)(C)C)c(C(O)(c2c(C(C)(C)C)cc(C)cc2C(C)(C)C)C(C)(C)C)c(C(C)(C)C)c1.O=[PH+]O.O=[PH+]O. The molecule has 0 saturated heterocycles. The Labute approximate surface area is 260 Å². The molecule has 3 N–H and O–H groups in total. The summed E-state index contributed by atoms with van der Waals surface area (Å²) in [5.41, 5.74) is 7.48. The van der Waals surface area contributed by atoms with E-state index in [-0.39, 0.29) is 21.7 Å². The molecule has 2 atom stereocenters. The third-order valence-corrected chi connectivity index (χ3v) is 7.61. The summed E-state index contributed by atoms with van der Waals surface area (Å²) in [5.74, 6) is 0. The maximum Gasteiger partial charge on any atom is 0.491 e. The van der Waals surface area contributed by atoms with Crippen molar-refractivity contribution >= 4 is 17.4 Å². The van der Waals surface area contributed by atoms with Gasteiger partial charge in [0.05, 0.1) is 0 Å². The minimum absolute atomic E-state index is 0.130. The van der Waals surface area contributed by atoms with Crippen LogP contribution in [0.4, 0.5) is 0 Å². The summed E-state index contributed by atoms with van der Waals surface area (Å²) < 4.78 is 17.0. The van der Waals surface area contributed by atoms with E-state index >= 15 is 0 Å². The van der Waals surface area contributed by atoms with Gasteiger partial charge in [0.25, 0.3) is 0 Å². The quantitative estimate of drug-likeness (QED) is 0.290. The van der Waals surface area contributed by atoms with E-state index in [1.807, 2.05) is 0 Å². The van der Waals surface area contributed by atoms with Crippen molar-refractivity contribution in [2.24, 2.45) is 5.41 Å². The van der Waals surface area contributed by atoms with Crippen molar-refractivity contribution in [1.29, 1.82) is 0 Å².